The number of rotatable bonds is 13. The normalized spacial score (nSPS) is 12.0. The third-order valence-electron chi connectivity index (χ3n) is 6.33. The lowest BCUT2D eigenvalue weighted by molar-refractivity contribution is -0.140. The average Bonchev–Trinajstić information content (AvgIpc) is 2.93. The molecule has 0 fully saturated rings. The Morgan fingerprint density at radius 2 is 1.56 bits per heavy atom. The first-order valence-electron chi connectivity index (χ1n) is 13.0. The van der Waals surface area contributed by atoms with Crippen molar-refractivity contribution < 1.29 is 27.5 Å². The first-order chi connectivity index (χ1) is 19.4. The molecule has 3 aromatic rings. The van der Waals surface area contributed by atoms with E-state index in [-0.39, 0.29) is 30.6 Å². The van der Waals surface area contributed by atoms with E-state index in [1.165, 1.54) is 31.3 Å². The predicted molar refractivity (Wildman–Crippen MR) is 161 cm³/mol. The summed E-state index contributed by atoms with van der Waals surface area (Å²) < 4.78 is 37.6. The topological polar surface area (TPSA) is 105 Å². The molecule has 41 heavy (non-hydrogen) atoms. The maximum absolute atomic E-state index is 14.1. The number of benzene rings is 3. The highest BCUT2D eigenvalue weighted by Gasteiger charge is 2.33. The van der Waals surface area contributed by atoms with Gasteiger partial charge in [-0.2, -0.15) is 0 Å². The van der Waals surface area contributed by atoms with Crippen LogP contribution < -0.4 is 19.1 Å². The summed E-state index contributed by atoms with van der Waals surface area (Å²) in [4.78, 5) is 29.1. The van der Waals surface area contributed by atoms with E-state index in [0.717, 1.165) is 16.1 Å². The molecule has 2 amide bonds. The standard InChI is InChI=1S/C30H36ClN3O6S/c1-21(2)32-30(36)26(17-22-11-7-6-8-12-22)33(19-23-13-9-10-14-25(23)31)29(35)20-34(41(5,37)38)24-15-16-27(39-3)28(18-24)40-4/h6-16,18,21,26H,17,19-20H2,1-5H3,(H,32,36)/t26-/m0/s1. The molecule has 0 unspecified atom stereocenters. The smallest absolute Gasteiger partial charge is 0.244 e. The number of carbonyl (C=O) groups excluding carboxylic acids is 2. The van der Waals surface area contributed by atoms with Crippen molar-refractivity contribution in [3.05, 3.63) is 88.9 Å². The molecular weight excluding hydrogens is 566 g/mol. The number of hydrogen-bond donors (Lipinski definition) is 1. The highest BCUT2D eigenvalue weighted by atomic mass is 35.5. The van der Waals surface area contributed by atoms with E-state index in [9.17, 15) is 18.0 Å². The van der Waals surface area contributed by atoms with Crippen LogP contribution in [0, 0.1) is 0 Å². The van der Waals surface area contributed by atoms with E-state index in [1.807, 2.05) is 44.2 Å². The SMILES string of the molecule is COc1ccc(N(CC(=O)N(Cc2ccccc2Cl)[C@@H](Cc2ccccc2)C(=O)NC(C)C)S(C)(=O)=O)cc1OC. The molecule has 9 nitrogen and oxygen atoms in total. The van der Waals surface area contributed by atoms with Crippen LogP contribution in [0.2, 0.25) is 5.02 Å². The van der Waals surface area contributed by atoms with Gasteiger partial charge < -0.3 is 19.7 Å². The molecule has 0 aliphatic rings. The van der Waals surface area contributed by atoms with Gasteiger partial charge in [-0.1, -0.05) is 60.1 Å². The Morgan fingerprint density at radius 3 is 2.15 bits per heavy atom. The van der Waals surface area contributed by atoms with Gasteiger partial charge in [-0.05, 0) is 43.2 Å². The van der Waals surface area contributed by atoms with Crippen molar-refractivity contribution in [2.45, 2.75) is 38.9 Å². The number of methoxy groups -OCH3 is 2. The van der Waals surface area contributed by atoms with Gasteiger partial charge in [0, 0.05) is 30.1 Å². The summed E-state index contributed by atoms with van der Waals surface area (Å²) in [6, 6.07) is 19.8. The Labute approximate surface area is 247 Å². The first-order valence-corrected chi connectivity index (χ1v) is 15.2. The van der Waals surface area contributed by atoms with E-state index in [0.29, 0.717) is 22.1 Å². The summed E-state index contributed by atoms with van der Waals surface area (Å²) in [6.45, 7) is 3.10. The Morgan fingerprint density at radius 1 is 0.927 bits per heavy atom. The van der Waals surface area contributed by atoms with Gasteiger partial charge in [0.1, 0.15) is 12.6 Å². The Hall–Kier alpha value is -3.76. The molecule has 0 heterocycles. The minimum atomic E-state index is -3.93. The molecule has 0 saturated heterocycles. The van der Waals surface area contributed by atoms with Crippen LogP contribution in [0.5, 0.6) is 11.5 Å². The quantitative estimate of drug-likeness (QED) is 0.313. The molecule has 0 bridgehead atoms. The van der Waals surface area contributed by atoms with Gasteiger partial charge in [0.15, 0.2) is 11.5 Å². The van der Waals surface area contributed by atoms with E-state index in [1.54, 1.807) is 30.3 Å². The predicted octanol–water partition coefficient (Wildman–Crippen LogP) is 4.29. The van der Waals surface area contributed by atoms with Crippen molar-refractivity contribution >= 4 is 39.1 Å². The van der Waals surface area contributed by atoms with Crippen molar-refractivity contribution in [2.24, 2.45) is 0 Å². The minimum absolute atomic E-state index is 0.00887. The molecular formula is C30H36ClN3O6S. The fourth-order valence-corrected chi connectivity index (χ4v) is 5.38. The lowest BCUT2D eigenvalue weighted by atomic mass is 10.0. The Kier molecular flexibility index (Phi) is 11.0. The second kappa shape index (κ2) is 14.2. The number of halogens is 1. The zero-order chi connectivity index (χ0) is 30.2. The van der Waals surface area contributed by atoms with Gasteiger partial charge in [-0.3, -0.25) is 13.9 Å². The lowest BCUT2D eigenvalue weighted by Crippen LogP contribution is -2.54. The number of anilines is 1. The molecule has 1 N–H and O–H groups in total. The van der Waals surface area contributed by atoms with E-state index in [2.05, 4.69) is 5.32 Å². The van der Waals surface area contributed by atoms with Crippen LogP contribution in [-0.4, -0.2) is 64.2 Å². The second-order valence-corrected chi connectivity index (χ2v) is 12.1. The molecule has 11 heteroatoms. The second-order valence-electron chi connectivity index (χ2n) is 9.79. The highest BCUT2D eigenvalue weighted by Crippen LogP contribution is 2.32. The number of nitrogens with zero attached hydrogens (tertiary/aromatic N) is 2. The van der Waals surface area contributed by atoms with Gasteiger partial charge in [0.2, 0.25) is 21.8 Å². The van der Waals surface area contributed by atoms with Crippen molar-refractivity contribution in [3.8, 4) is 11.5 Å². The van der Waals surface area contributed by atoms with Gasteiger partial charge in [-0.25, -0.2) is 8.42 Å². The van der Waals surface area contributed by atoms with Crippen molar-refractivity contribution in [1.29, 1.82) is 0 Å². The Balaban J connectivity index is 2.09. The average molecular weight is 602 g/mol. The number of hydrogen-bond acceptors (Lipinski definition) is 6. The number of sulfonamides is 1. The maximum Gasteiger partial charge on any atom is 0.244 e. The van der Waals surface area contributed by atoms with Crippen LogP contribution in [0.25, 0.3) is 0 Å². The summed E-state index contributed by atoms with van der Waals surface area (Å²) in [5.41, 5.74) is 1.67. The summed E-state index contributed by atoms with van der Waals surface area (Å²) >= 11 is 6.47. The Bertz CT molecular complexity index is 1450. The lowest BCUT2D eigenvalue weighted by Gasteiger charge is -2.34. The van der Waals surface area contributed by atoms with Crippen molar-refractivity contribution in [2.75, 3.05) is 31.3 Å². The minimum Gasteiger partial charge on any atom is -0.493 e. The zero-order valence-corrected chi connectivity index (χ0v) is 25.4. The van der Waals surface area contributed by atoms with Gasteiger partial charge in [0.05, 0.1) is 26.2 Å². The molecule has 1 atom stereocenters. The largest absolute Gasteiger partial charge is 0.493 e. The molecule has 0 spiro atoms. The maximum atomic E-state index is 14.1. The number of carbonyl (C=O) groups is 2. The van der Waals surface area contributed by atoms with Gasteiger partial charge in [0.25, 0.3) is 0 Å². The third kappa shape index (κ3) is 8.61. The van der Waals surface area contributed by atoms with Crippen LogP contribution in [0.4, 0.5) is 5.69 Å². The monoisotopic (exact) mass is 601 g/mol. The highest BCUT2D eigenvalue weighted by molar-refractivity contribution is 7.92. The number of ether oxygens (including phenoxy) is 2. The fourth-order valence-electron chi connectivity index (χ4n) is 4.34. The molecule has 0 saturated carbocycles. The molecule has 0 aliphatic carbocycles. The molecule has 3 rings (SSSR count). The van der Waals surface area contributed by atoms with E-state index in [4.69, 9.17) is 21.1 Å². The van der Waals surface area contributed by atoms with Crippen LogP contribution in [-0.2, 0) is 32.6 Å². The van der Waals surface area contributed by atoms with Crippen LogP contribution in [0.3, 0.4) is 0 Å². The van der Waals surface area contributed by atoms with E-state index >= 15 is 0 Å². The number of amides is 2. The van der Waals surface area contributed by atoms with Crippen LogP contribution in [0.1, 0.15) is 25.0 Å². The first kappa shape index (κ1) is 31.8. The zero-order valence-electron chi connectivity index (χ0n) is 23.8. The van der Waals surface area contributed by atoms with Crippen molar-refractivity contribution in [1.82, 2.24) is 10.2 Å². The molecule has 220 valence electrons. The fraction of sp³-hybridized carbons (Fsp3) is 0.333. The molecule has 0 aromatic heterocycles. The third-order valence-corrected chi connectivity index (χ3v) is 7.84. The summed E-state index contributed by atoms with van der Waals surface area (Å²) in [6.07, 6.45) is 1.23. The van der Waals surface area contributed by atoms with Crippen LogP contribution in [0.15, 0.2) is 72.8 Å². The summed E-state index contributed by atoms with van der Waals surface area (Å²) in [5, 5.41) is 3.34. The molecule has 0 radical (unpaired) electrons. The molecule has 0 aliphatic heterocycles. The number of nitrogens with one attached hydrogen (secondary N) is 1. The van der Waals surface area contributed by atoms with Crippen molar-refractivity contribution in [3.63, 3.8) is 0 Å². The summed E-state index contributed by atoms with van der Waals surface area (Å²) in [7, 11) is -1.03. The van der Waals surface area contributed by atoms with E-state index < -0.39 is 28.5 Å². The van der Waals surface area contributed by atoms with Crippen LogP contribution >= 0.6 is 11.6 Å². The van der Waals surface area contributed by atoms with Gasteiger partial charge >= 0.3 is 0 Å². The van der Waals surface area contributed by atoms with Gasteiger partial charge in [-0.15, -0.1) is 0 Å². The summed E-state index contributed by atoms with van der Waals surface area (Å²) in [5.74, 6) is -0.229. The molecule has 3 aromatic carbocycles.